The second-order valence-corrected chi connectivity index (χ2v) is 3.04. The maximum atomic E-state index is 10.8. The highest BCUT2D eigenvalue weighted by Gasteiger charge is 2.08. The van der Waals surface area contributed by atoms with Gasteiger partial charge in [-0.25, -0.2) is 9.59 Å². The Kier molecular flexibility index (Phi) is 6.14. The van der Waals surface area contributed by atoms with E-state index >= 15 is 0 Å². The summed E-state index contributed by atoms with van der Waals surface area (Å²) in [4.78, 5) is 21.6. The first-order valence-electron chi connectivity index (χ1n) is 4.47. The average molecular weight is 214 g/mol. The Balaban J connectivity index is 3.81. The van der Waals surface area contributed by atoms with Crippen molar-refractivity contribution in [3.05, 3.63) is 0 Å². The standard InChI is InChI=1S/C10H14O5/c1-7(2)15-9(12)5-4-6-14-10(13)8(3)11/h7-8,11H,6H2,1-3H3. The number of hydrogen-bond donors (Lipinski definition) is 1. The quantitative estimate of drug-likeness (QED) is 0.402. The molecule has 0 heterocycles. The molecule has 1 N–H and O–H groups in total. The highest BCUT2D eigenvalue weighted by Crippen LogP contribution is 1.88. The summed E-state index contributed by atoms with van der Waals surface area (Å²) >= 11 is 0. The van der Waals surface area contributed by atoms with Gasteiger partial charge in [0.15, 0.2) is 6.61 Å². The molecule has 1 atom stereocenters. The molecule has 0 aromatic heterocycles. The van der Waals surface area contributed by atoms with Crippen molar-refractivity contribution in [2.45, 2.75) is 33.0 Å². The van der Waals surface area contributed by atoms with Gasteiger partial charge in [-0.1, -0.05) is 0 Å². The zero-order valence-corrected chi connectivity index (χ0v) is 8.94. The van der Waals surface area contributed by atoms with Crippen LogP contribution in [-0.4, -0.2) is 35.9 Å². The third kappa shape index (κ3) is 7.52. The van der Waals surface area contributed by atoms with E-state index in [1.807, 2.05) is 0 Å². The molecule has 0 aromatic rings. The van der Waals surface area contributed by atoms with E-state index in [0.29, 0.717) is 0 Å². The van der Waals surface area contributed by atoms with Crippen LogP contribution >= 0.6 is 0 Å². The highest BCUT2D eigenvalue weighted by atomic mass is 16.5. The van der Waals surface area contributed by atoms with E-state index in [4.69, 9.17) is 9.84 Å². The van der Waals surface area contributed by atoms with Crippen molar-refractivity contribution < 1.29 is 24.2 Å². The summed E-state index contributed by atoms with van der Waals surface area (Å²) in [5.41, 5.74) is 0. The van der Waals surface area contributed by atoms with Crippen LogP contribution in [0.15, 0.2) is 0 Å². The SMILES string of the molecule is CC(C)OC(=O)C#CCOC(=O)C(C)O. The second kappa shape index (κ2) is 6.85. The fourth-order valence-electron chi connectivity index (χ4n) is 0.580. The maximum absolute atomic E-state index is 10.8. The van der Waals surface area contributed by atoms with Crippen LogP contribution in [0.4, 0.5) is 0 Å². The summed E-state index contributed by atoms with van der Waals surface area (Å²) in [7, 11) is 0. The van der Waals surface area contributed by atoms with Gasteiger partial charge in [-0.15, -0.1) is 0 Å². The normalized spacial score (nSPS) is 11.3. The zero-order chi connectivity index (χ0) is 11.8. The highest BCUT2D eigenvalue weighted by molar-refractivity contribution is 5.88. The second-order valence-electron chi connectivity index (χ2n) is 3.04. The minimum atomic E-state index is -1.19. The van der Waals surface area contributed by atoms with Gasteiger partial charge in [-0.2, -0.15) is 0 Å². The van der Waals surface area contributed by atoms with Crippen molar-refractivity contribution in [3.63, 3.8) is 0 Å². The lowest BCUT2D eigenvalue weighted by atomic mass is 10.4. The Morgan fingerprint density at radius 1 is 1.33 bits per heavy atom. The Labute approximate surface area is 88.4 Å². The van der Waals surface area contributed by atoms with Gasteiger partial charge < -0.3 is 14.6 Å². The number of rotatable bonds is 3. The minimum Gasteiger partial charge on any atom is -0.453 e. The Morgan fingerprint density at radius 2 is 1.93 bits per heavy atom. The van der Waals surface area contributed by atoms with E-state index < -0.39 is 18.0 Å². The molecule has 0 aliphatic carbocycles. The molecule has 84 valence electrons. The third-order valence-electron chi connectivity index (χ3n) is 1.16. The molecule has 0 aromatic carbocycles. The van der Waals surface area contributed by atoms with Gasteiger partial charge in [0, 0.05) is 5.92 Å². The predicted molar refractivity (Wildman–Crippen MR) is 51.6 cm³/mol. The van der Waals surface area contributed by atoms with E-state index in [9.17, 15) is 9.59 Å². The first-order valence-corrected chi connectivity index (χ1v) is 4.47. The first kappa shape index (κ1) is 13.5. The summed E-state index contributed by atoms with van der Waals surface area (Å²) in [5.74, 6) is 2.99. The van der Waals surface area contributed by atoms with E-state index in [1.54, 1.807) is 13.8 Å². The molecule has 0 aliphatic rings. The molecular formula is C10H14O5. The van der Waals surface area contributed by atoms with Crippen LogP contribution in [0.25, 0.3) is 0 Å². The first-order chi connectivity index (χ1) is 6.93. The van der Waals surface area contributed by atoms with Crippen LogP contribution in [0.1, 0.15) is 20.8 Å². The molecule has 0 radical (unpaired) electrons. The van der Waals surface area contributed by atoms with E-state index in [-0.39, 0.29) is 12.7 Å². The predicted octanol–water partition coefficient (Wildman–Crippen LogP) is -0.135. The number of aliphatic hydroxyl groups excluding tert-OH is 1. The van der Waals surface area contributed by atoms with Gasteiger partial charge in [0.25, 0.3) is 0 Å². The topological polar surface area (TPSA) is 72.8 Å². The average Bonchev–Trinajstić information content (AvgIpc) is 2.10. The fourth-order valence-corrected chi connectivity index (χ4v) is 0.580. The van der Waals surface area contributed by atoms with Crippen LogP contribution in [0, 0.1) is 11.8 Å². The Hall–Kier alpha value is -1.54. The molecular weight excluding hydrogens is 200 g/mol. The van der Waals surface area contributed by atoms with Crippen molar-refractivity contribution in [2.75, 3.05) is 6.61 Å². The van der Waals surface area contributed by atoms with Crippen LogP contribution in [-0.2, 0) is 19.1 Å². The number of hydrogen-bond acceptors (Lipinski definition) is 5. The van der Waals surface area contributed by atoms with E-state index in [2.05, 4.69) is 16.6 Å². The lowest BCUT2D eigenvalue weighted by molar-refractivity contribution is -0.151. The van der Waals surface area contributed by atoms with Crippen LogP contribution in [0.2, 0.25) is 0 Å². The Bertz CT molecular complexity index is 282. The fraction of sp³-hybridized carbons (Fsp3) is 0.600. The molecule has 0 saturated carbocycles. The molecule has 0 bridgehead atoms. The molecule has 15 heavy (non-hydrogen) atoms. The number of ether oxygens (including phenoxy) is 2. The van der Waals surface area contributed by atoms with Crippen molar-refractivity contribution in [2.24, 2.45) is 0 Å². The van der Waals surface area contributed by atoms with Crippen molar-refractivity contribution in [1.82, 2.24) is 0 Å². The van der Waals surface area contributed by atoms with Gasteiger partial charge in [0.1, 0.15) is 6.10 Å². The van der Waals surface area contributed by atoms with Crippen molar-refractivity contribution in [1.29, 1.82) is 0 Å². The number of esters is 2. The largest absolute Gasteiger partial charge is 0.453 e. The summed E-state index contributed by atoms with van der Waals surface area (Å²) in [6.45, 7) is 4.44. The monoisotopic (exact) mass is 214 g/mol. The van der Waals surface area contributed by atoms with Gasteiger partial charge >= 0.3 is 11.9 Å². The summed E-state index contributed by atoms with van der Waals surface area (Å²) < 4.78 is 9.19. The van der Waals surface area contributed by atoms with E-state index in [1.165, 1.54) is 6.92 Å². The molecule has 0 aliphatic heterocycles. The van der Waals surface area contributed by atoms with Gasteiger partial charge in [0.2, 0.25) is 0 Å². The molecule has 5 nitrogen and oxygen atoms in total. The van der Waals surface area contributed by atoms with Crippen LogP contribution in [0.5, 0.6) is 0 Å². The van der Waals surface area contributed by atoms with E-state index in [0.717, 1.165) is 0 Å². The minimum absolute atomic E-state index is 0.230. The molecule has 0 rings (SSSR count). The smallest absolute Gasteiger partial charge is 0.384 e. The maximum Gasteiger partial charge on any atom is 0.384 e. The van der Waals surface area contributed by atoms with Crippen LogP contribution in [0.3, 0.4) is 0 Å². The van der Waals surface area contributed by atoms with Crippen LogP contribution < -0.4 is 0 Å². The molecule has 0 spiro atoms. The van der Waals surface area contributed by atoms with Gasteiger partial charge in [-0.3, -0.25) is 0 Å². The van der Waals surface area contributed by atoms with Crippen molar-refractivity contribution >= 4 is 11.9 Å². The third-order valence-corrected chi connectivity index (χ3v) is 1.16. The molecule has 0 fully saturated rings. The summed E-state index contributed by atoms with van der Waals surface area (Å²) in [5, 5.41) is 8.73. The lowest BCUT2D eigenvalue weighted by Gasteiger charge is -2.02. The number of aliphatic hydroxyl groups is 1. The van der Waals surface area contributed by atoms with Crippen molar-refractivity contribution in [3.8, 4) is 11.8 Å². The number of carbonyl (C=O) groups is 2. The summed E-state index contributed by atoms with van der Waals surface area (Å²) in [6, 6.07) is 0. The molecule has 0 saturated heterocycles. The number of carbonyl (C=O) groups excluding carboxylic acids is 2. The summed E-state index contributed by atoms with van der Waals surface area (Å²) in [6.07, 6.45) is -1.42. The lowest BCUT2D eigenvalue weighted by Crippen LogP contribution is -2.19. The zero-order valence-electron chi connectivity index (χ0n) is 8.94. The Morgan fingerprint density at radius 3 is 2.40 bits per heavy atom. The molecule has 0 amide bonds. The molecule has 5 heteroatoms. The van der Waals surface area contributed by atoms with Gasteiger partial charge in [-0.05, 0) is 26.7 Å². The molecule has 1 unspecified atom stereocenters. The van der Waals surface area contributed by atoms with Gasteiger partial charge in [0.05, 0.1) is 6.10 Å².